The Bertz CT molecular complexity index is 649. The summed E-state index contributed by atoms with van der Waals surface area (Å²) in [7, 11) is 0. The van der Waals surface area contributed by atoms with Crippen LogP contribution in [0.5, 0.6) is 5.75 Å². The van der Waals surface area contributed by atoms with E-state index in [2.05, 4.69) is 0 Å². The Kier molecular flexibility index (Phi) is 3.88. The van der Waals surface area contributed by atoms with Crippen molar-refractivity contribution in [2.75, 3.05) is 0 Å². The van der Waals surface area contributed by atoms with E-state index in [0.29, 0.717) is 11.3 Å². The maximum Gasteiger partial charge on any atom is 0.269 e. The highest BCUT2D eigenvalue weighted by molar-refractivity contribution is 5.37. The van der Waals surface area contributed by atoms with Gasteiger partial charge in [-0.05, 0) is 38.1 Å². The topological polar surface area (TPSA) is 52.4 Å². The molecule has 0 aliphatic heterocycles. The third-order valence-corrected chi connectivity index (χ3v) is 2.98. The van der Waals surface area contributed by atoms with Gasteiger partial charge in [-0.25, -0.2) is 8.78 Å². The number of hydrogen-bond donors (Lipinski definition) is 0. The van der Waals surface area contributed by atoms with Gasteiger partial charge in [-0.2, -0.15) is 0 Å². The molecule has 6 heteroatoms. The zero-order valence-corrected chi connectivity index (χ0v) is 11.5. The standard InChI is InChI=1S/C15H13F2NO3/c1-15(2,10-7-11(16)9-12(17)8-10)21-14-5-3-13(4-6-14)18(19)20/h3-9H,1-2H3. The SMILES string of the molecule is CC(C)(Oc1ccc([N+](=O)[O-])cc1)c1cc(F)cc(F)c1. The summed E-state index contributed by atoms with van der Waals surface area (Å²) in [6.45, 7) is 3.31. The number of halogens is 2. The third kappa shape index (κ3) is 3.53. The number of nitro groups is 1. The van der Waals surface area contributed by atoms with E-state index in [0.717, 1.165) is 6.07 Å². The molecule has 0 N–H and O–H groups in total. The van der Waals surface area contributed by atoms with Gasteiger partial charge in [0.2, 0.25) is 0 Å². The van der Waals surface area contributed by atoms with E-state index in [4.69, 9.17) is 4.74 Å². The van der Waals surface area contributed by atoms with E-state index in [9.17, 15) is 18.9 Å². The zero-order valence-electron chi connectivity index (χ0n) is 11.5. The van der Waals surface area contributed by atoms with E-state index in [-0.39, 0.29) is 5.69 Å². The quantitative estimate of drug-likeness (QED) is 0.627. The first-order chi connectivity index (χ1) is 9.78. The van der Waals surface area contributed by atoms with E-state index >= 15 is 0 Å². The van der Waals surface area contributed by atoms with Crippen molar-refractivity contribution < 1.29 is 18.4 Å². The molecule has 0 fully saturated rings. The summed E-state index contributed by atoms with van der Waals surface area (Å²) in [4.78, 5) is 10.1. The van der Waals surface area contributed by atoms with Gasteiger partial charge in [-0.15, -0.1) is 0 Å². The second kappa shape index (κ2) is 5.47. The summed E-state index contributed by atoms with van der Waals surface area (Å²) in [6.07, 6.45) is 0. The van der Waals surface area contributed by atoms with Gasteiger partial charge in [-0.3, -0.25) is 10.1 Å². The van der Waals surface area contributed by atoms with Crippen molar-refractivity contribution in [1.29, 1.82) is 0 Å². The van der Waals surface area contributed by atoms with E-state index in [1.54, 1.807) is 13.8 Å². The number of rotatable bonds is 4. The summed E-state index contributed by atoms with van der Waals surface area (Å²) in [5.74, 6) is -1.01. The highest BCUT2D eigenvalue weighted by Crippen LogP contribution is 2.29. The van der Waals surface area contributed by atoms with Crippen LogP contribution in [0.2, 0.25) is 0 Å². The van der Waals surface area contributed by atoms with E-state index in [1.807, 2.05) is 0 Å². The maximum atomic E-state index is 13.3. The molecule has 4 nitrogen and oxygen atoms in total. The van der Waals surface area contributed by atoms with Crippen LogP contribution in [0.1, 0.15) is 19.4 Å². The van der Waals surface area contributed by atoms with Crippen molar-refractivity contribution in [3.8, 4) is 5.75 Å². The molecule has 0 bridgehead atoms. The predicted octanol–water partition coefficient (Wildman–Crippen LogP) is 4.19. The molecule has 2 aromatic carbocycles. The molecule has 0 unspecified atom stereocenters. The van der Waals surface area contributed by atoms with Crippen molar-refractivity contribution in [1.82, 2.24) is 0 Å². The minimum atomic E-state index is -0.987. The summed E-state index contributed by atoms with van der Waals surface area (Å²) in [6, 6.07) is 8.65. The van der Waals surface area contributed by atoms with Gasteiger partial charge >= 0.3 is 0 Å². The Morgan fingerprint density at radius 1 is 1.05 bits per heavy atom. The second-order valence-corrected chi connectivity index (χ2v) is 5.02. The number of benzene rings is 2. The molecular weight excluding hydrogens is 280 g/mol. The van der Waals surface area contributed by atoms with Gasteiger partial charge < -0.3 is 4.74 Å². The summed E-state index contributed by atoms with van der Waals surface area (Å²) in [5, 5.41) is 10.6. The van der Waals surface area contributed by atoms with Gasteiger partial charge in [0.25, 0.3) is 5.69 Å². The van der Waals surface area contributed by atoms with Gasteiger partial charge in [0, 0.05) is 23.8 Å². The number of nitro benzene ring substituents is 1. The summed E-state index contributed by atoms with van der Waals surface area (Å²) in [5.41, 5.74) is -0.714. The lowest BCUT2D eigenvalue weighted by Gasteiger charge is -2.27. The second-order valence-electron chi connectivity index (χ2n) is 5.02. The highest BCUT2D eigenvalue weighted by Gasteiger charge is 2.24. The van der Waals surface area contributed by atoms with Crippen molar-refractivity contribution in [3.63, 3.8) is 0 Å². The molecule has 0 aromatic heterocycles. The van der Waals surface area contributed by atoms with E-state index < -0.39 is 22.2 Å². The molecule has 0 aliphatic rings. The molecule has 110 valence electrons. The molecule has 0 amide bonds. The zero-order chi connectivity index (χ0) is 15.6. The largest absolute Gasteiger partial charge is 0.483 e. The average Bonchev–Trinajstić information content (AvgIpc) is 2.37. The van der Waals surface area contributed by atoms with Crippen LogP contribution in [-0.2, 0) is 5.60 Å². The maximum absolute atomic E-state index is 13.3. The number of ether oxygens (including phenoxy) is 1. The van der Waals surface area contributed by atoms with Crippen LogP contribution in [0.3, 0.4) is 0 Å². The number of hydrogen-bond acceptors (Lipinski definition) is 3. The van der Waals surface area contributed by atoms with Crippen LogP contribution < -0.4 is 4.74 Å². The first kappa shape index (κ1) is 14.9. The number of nitrogens with zero attached hydrogens (tertiary/aromatic N) is 1. The van der Waals surface area contributed by atoms with Crippen LogP contribution in [0.15, 0.2) is 42.5 Å². The van der Waals surface area contributed by atoms with Crippen LogP contribution in [-0.4, -0.2) is 4.92 Å². The van der Waals surface area contributed by atoms with Crippen molar-refractivity contribution in [2.24, 2.45) is 0 Å². The minimum Gasteiger partial charge on any atom is -0.483 e. The number of non-ortho nitro benzene ring substituents is 1. The monoisotopic (exact) mass is 293 g/mol. The molecule has 0 heterocycles. The molecular formula is C15H13F2NO3. The molecule has 0 saturated carbocycles. The van der Waals surface area contributed by atoms with Gasteiger partial charge in [0.05, 0.1) is 4.92 Å². The van der Waals surface area contributed by atoms with Crippen molar-refractivity contribution >= 4 is 5.69 Å². The Labute approximate surface area is 120 Å². The Morgan fingerprint density at radius 3 is 2.05 bits per heavy atom. The van der Waals surface area contributed by atoms with Crippen LogP contribution in [0.4, 0.5) is 14.5 Å². The van der Waals surface area contributed by atoms with Gasteiger partial charge in [0.1, 0.15) is 23.0 Å². The smallest absolute Gasteiger partial charge is 0.269 e. The highest BCUT2D eigenvalue weighted by atomic mass is 19.1. The fourth-order valence-electron chi connectivity index (χ4n) is 1.89. The molecule has 0 radical (unpaired) electrons. The fourth-order valence-corrected chi connectivity index (χ4v) is 1.89. The predicted molar refractivity (Wildman–Crippen MR) is 73.1 cm³/mol. The first-order valence-electron chi connectivity index (χ1n) is 6.18. The normalized spacial score (nSPS) is 11.2. The van der Waals surface area contributed by atoms with Crippen molar-refractivity contribution in [3.05, 3.63) is 69.8 Å². The third-order valence-electron chi connectivity index (χ3n) is 2.98. The molecule has 0 aliphatic carbocycles. The summed E-state index contributed by atoms with van der Waals surface area (Å²) >= 11 is 0. The Morgan fingerprint density at radius 2 is 1.57 bits per heavy atom. The minimum absolute atomic E-state index is 0.0584. The van der Waals surface area contributed by atoms with E-state index in [1.165, 1.54) is 36.4 Å². The molecule has 0 spiro atoms. The van der Waals surface area contributed by atoms with Gasteiger partial charge in [0.15, 0.2) is 0 Å². The van der Waals surface area contributed by atoms with Crippen LogP contribution in [0, 0.1) is 21.7 Å². The van der Waals surface area contributed by atoms with Crippen LogP contribution in [0.25, 0.3) is 0 Å². The molecule has 2 rings (SSSR count). The Hall–Kier alpha value is -2.50. The average molecular weight is 293 g/mol. The Balaban J connectivity index is 2.25. The lowest BCUT2D eigenvalue weighted by Crippen LogP contribution is -2.25. The first-order valence-corrected chi connectivity index (χ1v) is 6.18. The van der Waals surface area contributed by atoms with Crippen molar-refractivity contribution in [2.45, 2.75) is 19.4 Å². The van der Waals surface area contributed by atoms with Gasteiger partial charge in [-0.1, -0.05) is 0 Å². The fraction of sp³-hybridized carbons (Fsp3) is 0.200. The molecule has 21 heavy (non-hydrogen) atoms. The summed E-state index contributed by atoms with van der Waals surface area (Å²) < 4.78 is 32.2. The lowest BCUT2D eigenvalue weighted by atomic mass is 9.97. The van der Waals surface area contributed by atoms with Crippen LogP contribution >= 0.6 is 0 Å². The molecule has 2 aromatic rings. The molecule has 0 saturated heterocycles. The lowest BCUT2D eigenvalue weighted by molar-refractivity contribution is -0.384. The molecule has 0 atom stereocenters.